The zero-order chi connectivity index (χ0) is 15.0. The van der Waals surface area contributed by atoms with Crippen molar-refractivity contribution in [3.8, 4) is 0 Å². The Hall–Kier alpha value is 0.150. The quantitative estimate of drug-likeness (QED) is 0.595. The fourth-order valence-corrected chi connectivity index (χ4v) is 5.51. The van der Waals surface area contributed by atoms with Gasteiger partial charge in [0.05, 0.1) is 0 Å². The van der Waals surface area contributed by atoms with Gasteiger partial charge < -0.3 is 0 Å². The minimum Gasteiger partial charge on any atom is -0.176 e. The van der Waals surface area contributed by atoms with Crippen molar-refractivity contribution < 1.29 is 24.6 Å². The molecule has 0 fully saturated rings. The van der Waals surface area contributed by atoms with Crippen molar-refractivity contribution in [2.24, 2.45) is 0 Å². The Morgan fingerprint density at radius 3 is 1.28 bits per heavy atom. The molecule has 0 rings (SSSR count). The molecule has 0 aromatic carbocycles. The van der Waals surface area contributed by atoms with Gasteiger partial charge in [0.1, 0.15) is 0 Å². The van der Waals surface area contributed by atoms with Crippen LogP contribution in [-0.2, 0) is 20.8 Å². The van der Waals surface area contributed by atoms with Crippen LogP contribution in [0.5, 0.6) is 0 Å². The van der Waals surface area contributed by atoms with Crippen LogP contribution in [0.25, 0.3) is 0 Å². The molecule has 10 heteroatoms. The molecule has 0 aliphatic carbocycles. The third-order valence-corrected chi connectivity index (χ3v) is 7.35. The largest absolute Gasteiger partial charge is 0.387 e. The third-order valence-electron chi connectivity index (χ3n) is 2.05. The summed E-state index contributed by atoms with van der Waals surface area (Å²) in [5.74, 6) is 0. The molecular formula is C8H22F2NO4PS2. The summed E-state index contributed by atoms with van der Waals surface area (Å²) in [5.41, 5.74) is 0. The van der Waals surface area contributed by atoms with Crippen LogP contribution < -0.4 is 4.13 Å². The molecule has 0 saturated carbocycles. The molecule has 0 spiro atoms. The molecule has 18 heavy (non-hydrogen) atoms. The van der Waals surface area contributed by atoms with Gasteiger partial charge in [0.25, 0.3) is 0 Å². The molecule has 0 heterocycles. The topological polar surface area (TPSA) is 80.3 Å². The van der Waals surface area contributed by atoms with Crippen LogP contribution in [0.15, 0.2) is 0 Å². The summed E-state index contributed by atoms with van der Waals surface area (Å²) in [6, 6.07) is 0. The molecule has 0 atom stereocenters. The predicted molar refractivity (Wildman–Crippen MR) is 73.7 cm³/mol. The molecule has 0 unspecified atom stereocenters. The maximum absolute atomic E-state index is 11.1. The van der Waals surface area contributed by atoms with E-state index in [1.54, 1.807) is 0 Å². The predicted octanol–water partition coefficient (Wildman–Crippen LogP) is 1.82. The van der Waals surface area contributed by atoms with Crippen molar-refractivity contribution >= 4 is 28.1 Å². The van der Waals surface area contributed by atoms with Crippen LogP contribution in [0, 0.1) is 0 Å². The van der Waals surface area contributed by atoms with E-state index in [-0.39, 0.29) is 4.13 Å². The molecule has 114 valence electrons. The molecule has 5 nitrogen and oxygen atoms in total. The van der Waals surface area contributed by atoms with Gasteiger partial charge in [-0.1, -0.05) is 11.9 Å². The third kappa shape index (κ3) is 18.5. The van der Waals surface area contributed by atoms with Crippen molar-refractivity contribution in [3.63, 3.8) is 0 Å². The molecule has 0 bridgehead atoms. The van der Waals surface area contributed by atoms with Crippen molar-refractivity contribution in [1.82, 2.24) is 4.13 Å². The molecule has 0 aliphatic rings. The van der Waals surface area contributed by atoms with E-state index in [0.717, 1.165) is 0 Å². The fraction of sp³-hybridized carbons (Fsp3) is 1.00. The van der Waals surface area contributed by atoms with Crippen LogP contribution in [0.2, 0.25) is 0 Å². The number of halogens is 2. The molecule has 0 radical (unpaired) electrons. The summed E-state index contributed by atoms with van der Waals surface area (Å²) in [6.45, 7) is 9.59. The van der Waals surface area contributed by atoms with Crippen LogP contribution in [0.4, 0.5) is 7.77 Å². The van der Waals surface area contributed by atoms with E-state index in [1.807, 2.05) is 0 Å². The second-order valence-electron chi connectivity index (χ2n) is 4.62. The van der Waals surface area contributed by atoms with E-state index in [2.05, 4.69) is 27.2 Å². The van der Waals surface area contributed by atoms with Crippen LogP contribution >= 0.6 is 7.26 Å². The summed E-state index contributed by atoms with van der Waals surface area (Å²) in [4.78, 5) is 0. The number of hydrogen-bond donors (Lipinski definition) is 1. The summed E-state index contributed by atoms with van der Waals surface area (Å²) in [6.07, 6.45) is 5.81. The van der Waals surface area contributed by atoms with E-state index in [1.165, 1.54) is 25.2 Å². The summed E-state index contributed by atoms with van der Waals surface area (Å²) < 4.78 is 59.3. The summed E-state index contributed by atoms with van der Waals surface area (Å²) in [7, 11) is -11.7. The Labute approximate surface area is 109 Å². The molecule has 0 amide bonds. The number of nitrogens with one attached hydrogen (secondary N) is 1. The van der Waals surface area contributed by atoms with E-state index in [0.29, 0.717) is 0 Å². The van der Waals surface area contributed by atoms with E-state index >= 15 is 0 Å². The average molecular weight is 329 g/mol. The first kappa shape index (κ1) is 20.5. The van der Waals surface area contributed by atoms with Crippen LogP contribution in [0.1, 0.15) is 26.7 Å². The minimum atomic E-state index is -5.49. The summed E-state index contributed by atoms with van der Waals surface area (Å²) >= 11 is 0. The minimum absolute atomic E-state index is 0.0694. The first-order chi connectivity index (χ1) is 7.83. The molecule has 1 N–H and O–H groups in total. The second-order valence-corrected chi connectivity index (χ2v) is 12.4. The zero-order valence-electron chi connectivity index (χ0n) is 11.0. The molecule has 0 aromatic heterocycles. The van der Waals surface area contributed by atoms with Gasteiger partial charge in [-0.05, 0) is 0 Å². The van der Waals surface area contributed by atoms with Crippen molar-refractivity contribution in [2.75, 3.05) is 25.7 Å². The van der Waals surface area contributed by atoms with Crippen LogP contribution in [0.3, 0.4) is 0 Å². The van der Waals surface area contributed by atoms with Gasteiger partial charge in [-0.3, -0.25) is 0 Å². The van der Waals surface area contributed by atoms with Crippen molar-refractivity contribution in [1.29, 1.82) is 0 Å². The molecule has 0 saturated heterocycles. The maximum Gasteiger partial charge on any atom is 0.387 e. The Morgan fingerprint density at radius 1 is 0.889 bits per heavy atom. The van der Waals surface area contributed by atoms with E-state index in [9.17, 15) is 24.6 Å². The van der Waals surface area contributed by atoms with Gasteiger partial charge in [0.15, 0.2) is 0 Å². The van der Waals surface area contributed by atoms with Crippen molar-refractivity contribution in [2.45, 2.75) is 26.7 Å². The monoisotopic (exact) mass is 329 g/mol. The molecular weight excluding hydrogens is 307 g/mol. The SMILES string of the molecule is CCC[PH](C)(C)CCC.O=S(=O)(F)NS(=O)(=O)F. The Morgan fingerprint density at radius 2 is 1.17 bits per heavy atom. The van der Waals surface area contributed by atoms with Gasteiger partial charge in [0.2, 0.25) is 0 Å². The second kappa shape index (κ2) is 8.35. The summed E-state index contributed by atoms with van der Waals surface area (Å²) in [5, 5.41) is 0. The van der Waals surface area contributed by atoms with Gasteiger partial charge in [-0.2, -0.15) is 16.8 Å². The normalized spacial score (nSPS) is 13.7. The maximum atomic E-state index is 11.1. The Kier molecular flexibility index (Phi) is 9.49. The van der Waals surface area contributed by atoms with E-state index in [4.69, 9.17) is 0 Å². The molecule has 0 aromatic rings. The first-order valence-corrected chi connectivity index (χ1v) is 11.7. The Balaban J connectivity index is 0. The van der Waals surface area contributed by atoms with Gasteiger partial charge in [-0.25, -0.2) is 0 Å². The number of rotatable bonds is 6. The zero-order valence-corrected chi connectivity index (χ0v) is 13.7. The van der Waals surface area contributed by atoms with Gasteiger partial charge >= 0.3 is 80.4 Å². The van der Waals surface area contributed by atoms with Crippen molar-refractivity contribution in [3.05, 3.63) is 0 Å². The van der Waals surface area contributed by atoms with Gasteiger partial charge in [0, 0.05) is 0 Å². The first-order valence-electron chi connectivity index (χ1n) is 5.50. The van der Waals surface area contributed by atoms with Crippen LogP contribution in [-0.4, -0.2) is 42.5 Å². The number of hydrogen-bond acceptors (Lipinski definition) is 4. The molecule has 0 aliphatic heterocycles. The average Bonchev–Trinajstić information content (AvgIpc) is 1.96. The standard InChI is InChI=1S/C8H21P.F2HNO4S2/c1-5-7-9(3,4)8-6-2;1-8(4,5)3-9(2,6)7/h9H,5-8H2,1-4H3;3H. The fourth-order valence-electron chi connectivity index (χ4n) is 1.60. The van der Waals surface area contributed by atoms with E-state index < -0.39 is 28.1 Å². The smallest absolute Gasteiger partial charge is 0.176 e. The van der Waals surface area contributed by atoms with Gasteiger partial charge in [-0.15, -0.1) is 0 Å². The Bertz CT molecular complexity index is 384.